The van der Waals surface area contributed by atoms with Gasteiger partial charge in [-0.15, -0.1) is 0 Å². The average Bonchev–Trinajstić information content (AvgIpc) is 2.99. The maximum absolute atomic E-state index is 14.3. The van der Waals surface area contributed by atoms with Gasteiger partial charge >= 0.3 is 0 Å². The molecule has 48 heavy (non-hydrogen) atoms. The second-order valence-electron chi connectivity index (χ2n) is 14.7. The average molecular weight is 752 g/mol. The minimum Gasteiger partial charge on any atom is -0.490 e. The van der Waals surface area contributed by atoms with Gasteiger partial charge in [0.05, 0.1) is 11.1 Å². The van der Waals surface area contributed by atoms with Crippen molar-refractivity contribution in [1.29, 1.82) is 0 Å². The third-order valence-corrected chi connectivity index (χ3v) is 10.7. The smallest absolute Gasteiger partial charge is 0.175 e. The molecule has 0 saturated carbocycles. The maximum atomic E-state index is 14.3. The number of ketones is 2. The first kappa shape index (κ1) is 34.8. The standard InChI is InChI=1S/C40H42BrCl2NO4/c1-6-47-34-17-26(16-28(41)38(34)48-23-25-12-13-27(42)18-29(25)43)35-36-30(19-39(2,3)21-32(36)45)44(15-14-24-10-8-7-9-11-24)31-20-40(4,5)22-33(46)37(31)35/h7-13,16-18,35H,6,14-15,19-23H2,1-5H3. The van der Waals surface area contributed by atoms with Crippen molar-refractivity contribution in [2.75, 3.05) is 13.2 Å². The molecule has 1 aliphatic heterocycles. The van der Waals surface area contributed by atoms with Crippen LogP contribution in [0.25, 0.3) is 0 Å². The van der Waals surface area contributed by atoms with Crippen LogP contribution in [0.4, 0.5) is 0 Å². The zero-order valence-corrected chi connectivity index (χ0v) is 31.3. The summed E-state index contributed by atoms with van der Waals surface area (Å²) in [4.78, 5) is 31.0. The Balaban J connectivity index is 1.48. The number of Topliss-reactive ketones (excluding diaryl/α,β-unsaturated/α-hetero) is 2. The van der Waals surface area contributed by atoms with Crippen LogP contribution in [0.3, 0.4) is 0 Å². The molecule has 0 unspecified atom stereocenters. The van der Waals surface area contributed by atoms with E-state index >= 15 is 0 Å². The Bertz CT molecular complexity index is 1770. The number of ether oxygens (including phenoxy) is 2. The summed E-state index contributed by atoms with van der Waals surface area (Å²) in [5.74, 6) is 0.779. The van der Waals surface area contributed by atoms with Gasteiger partial charge in [0.15, 0.2) is 23.1 Å². The van der Waals surface area contributed by atoms with Gasteiger partial charge < -0.3 is 14.4 Å². The predicted octanol–water partition coefficient (Wildman–Crippen LogP) is 10.7. The molecule has 0 N–H and O–H groups in total. The summed E-state index contributed by atoms with van der Waals surface area (Å²) in [6.07, 6.45) is 3.19. The molecule has 1 heterocycles. The quantitative estimate of drug-likeness (QED) is 0.218. The van der Waals surface area contributed by atoms with Gasteiger partial charge in [0.25, 0.3) is 0 Å². The number of rotatable bonds is 9. The lowest BCUT2D eigenvalue weighted by atomic mass is 9.63. The Labute approximate surface area is 302 Å². The van der Waals surface area contributed by atoms with Crippen LogP contribution in [0.2, 0.25) is 10.0 Å². The Kier molecular flexibility index (Phi) is 9.92. The highest BCUT2D eigenvalue weighted by molar-refractivity contribution is 9.10. The van der Waals surface area contributed by atoms with Gasteiger partial charge in [0.1, 0.15) is 6.61 Å². The lowest BCUT2D eigenvalue weighted by Crippen LogP contribution is -2.45. The molecule has 6 rings (SSSR count). The van der Waals surface area contributed by atoms with E-state index in [0.717, 1.165) is 52.9 Å². The van der Waals surface area contributed by atoms with Crippen molar-refractivity contribution in [3.05, 3.63) is 114 Å². The molecular formula is C40H42BrCl2NO4. The molecule has 5 nitrogen and oxygen atoms in total. The van der Waals surface area contributed by atoms with Crippen LogP contribution in [0.5, 0.6) is 11.5 Å². The largest absolute Gasteiger partial charge is 0.490 e. The number of benzene rings is 3. The summed E-state index contributed by atoms with van der Waals surface area (Å²) in [5, 5.41) is 1.07. The van der Waals surface area contributed by atoms with Gasteiger partial charge in [-0.2, -0.15) is 0 Å². The fourth-order valence-electron chi connectivity index (χ4n) is 7.48. The second kappa shape index (κ2) is 13.7. The lowest BCUT2D eigenvalue weighted by molar-refractivity contribution is -0.119. The van der Waals surface area contributed by atoms with Gasteiger partial charge in [-0.1, -0.05) is 87.3 Å². The minimum atomic E-state index is -0.495. The molecule has 0 radical (unpaired) electrons. The van der Waals surface area contributed by atoms with Crippen molar-refractivity contribution in [1.82, 2.24) is 4.90 Å². The van der Waals surface area contributed by atoms with Crippen molar-refractivity contribution in [2.24, 2.45) is 10.8 Å². The number of carbonyl (C=O) groups excluding carboxylic acids is 2. The highest BCUT2D eigenvalue weighted by atomic mass is 79.9. The van der Waals surface area contributed by atoms with Crippen LogP contribution in [0.15, 0.2) is 87.7 Å². The fourth-order valence-corrected chi connectivity index (χ4v) is 8.52. The van der Waals surface area contributed by atoms with E-state index in [1.54, 1.807) is 12.1 Å². The summed E-state index contributed by atoms with van der Waals surface area (Å²) < 4.78 is 13.1. The first-order chi connectivity index (χ1) is 22.8. The van der Waals surface area contributed by atoms with Crippen molar-refractivity contribution >= 4 is 50.7 Å². The predicted molar refractivity (Wildman–Crippen MR) is 196 cm³/mol. The van der Waals surface area contributed by atoms with Crippen LogP contribution >= 0.6 is 39.1 Å². The molecule has 0 amide bonds. The number of hydrogen-bond acceptors (Lipinski definition) is 5. The number of carbonyl (C=O) groups is 2. The molecule has 0 atom stereocenters. The topological polar surface area (TPSA) is 55.8 Å². The molecule has 8 heteroatoms. The summed E-state index contributed by atoms with van der Waals surface area (Å²) in [7, 11) is 0. The van der Waals surface area contributed by atoms with E-state index in [-0.39, 0.29) is 29.0 Å². The zero-order chi connectivity index (χ0) is 34.4. The van der Waals surface area contributed by atoms with Crippen molar-refractivity contribution < 1.29 is 19.1 Å². The Morgan fingerprint density at radius 2 is 1.46 bits per heavy atom. The highest BCUT2D eigenvalue weighted by Crippen LogP contribution is 2.55. The van der Waals surface area contributed by atoms with Crippen LogP contribution in [0, 0.1) is 10.8 Å². The zero-order valence-electron chi connectivity index (χ0n) is 28.2. The van der Waals surface area contributed by atoms with E-state index in [1.165, 1.54) is 5.56 Å². The lowest BCUT2D eigenvalue weighted by Gasteiger charge is -2.49. The Hall–Kier alpha value is -3.06. The molecule has 0 fully saturated rings. The summed E-state index contributed by atoms with van der Waals surface area (Å²) >= 11 is 16.3. The SMILES string of the molecule is CCOc1cc(C2C3=C(CC(C)(C)CC3=O)N(CCc3ccccc3)C3=C2C(=O)CC(C)(C)C3)cc(Br)c1OCc1ccc(Cl)cc1Cl. The van der Waals surface area contributed by atoms with Crippen LogP contribution in [-0.2, 0) is 22.6 Å². The molecule has 3 aliphatic rings. The summed E-state index contributed by atoms with van der Waals surface area (Å²) in [5.41, 5.74) is 6.04. The van der Waals surface area contributed by atoms with Crippen LogP contribution in [0.1, 0.15) is 82.9 Å². The Morgan fingerprint density at radius 3 is 2.04 bits per heavy atom. The number of nitrogens with zero attached hydrogens (tertiary/aromatic N) is 1. The molecular weight excluding hydrogens is 709 g/mol. The molecule has 0 spiro atoms. The normalized spacial score (nSPS) is 19.0. The molecule has 0 saturated heterocycles. The summed E-state index contributed by atoms with van der Waals surface area (Å²) in [6.45, 7) is 11.9. The number of halogens is 3. The molecule has 0 aromatic heterocycles. The first-order valence-electron chi connectivity index (χ1n) is 16.6. The van der Waals surface area contributed by atoms with Gasteiger partial charge in [-0.25, -0.2) is 0 Å². The van der Waals surface area contributed by atoms with E-state index in [0.29, 0.717) is 52.0 Å². The van der Waals surface area contributed by atoms with Crippen molar-refractivity contribution in [2.45, 2.75) is 79.2 Å². The molecule has 3 aromatic carbocycles. The highest BCUT2D eigenvalue weighted by Gasteiger charge is 2.49. The third kappa shape index (κ3) is 7.13. The van der Waals surface area contributed by atoms with Crippen molar-refractivity contribution in [3.8, 4) is 11.5 Å². The number of hydrogen-bond donors (Lipinski definition) is 0. The molecule has 2 aliphatic carbocycles. The van der Waals surface area contributed by atoms with Gasteiger partial charge in [0, 0.05) is 63.5 Å². The van der Waals surface area contributed by atoms with Crippen LogP contribution < -0.4 is 9.47 Å². The van der Waals surface area contributed by atoms with E-state index in [2.05, 4.69) is 72.8 Å². The van der Waals surface area contributed by atoms with Crippen LogP contribution in [-0.4, -0.2) is 29.6 Å². The minimum absolute atomic E-state index is 0.104. The van der Waals surface area contributed by atoms with Crippen molar-refractivity contribution in [3.63, 3.8) is 0 Å². The monoisotopic (exact) mass is 749 g/mol. The number of allylic oxidation sites excluding steroid dienone is 4. The van der Waals surface area contributed by atoms with Gasteiger partial charge in [0.2, 0.25) is 0 Å². The summed E-state index contributed by atoms with van der Waals surface area (Å²) in [6, 6.07) is 19.7. The fraction of sp³-hybridized carbons (Fsp3) is 0.400. The maximum Gasteiger partial charge on any atom is 0.175 e. The van der Waals surface area contributed by atoms with E-state index in [1.807, 2.05) is 31.2 Å². The van der Waals surface area contributed by atoms with E-state index in [4.69, 9.17) is 32.7 Å². The van der Waals surface area contributed by atoms with E-state index in [9.17, 15) is 9.59 Å². The second-order valence-corrected chi connectivity index (χ2v) is 16.4. The molecule has 0 bridgehead atoms. The van der Waals surface area contributed by atoms with Gasteiger partial charge in [-0.05, 0) is 88.3 Å². The third-order valence-electron chi connectivity index (χ3n) is 9.54. The molecule has 252 valence electrons. The van der Waals surface area contributed by atoms with Gasteiger partial charge in [-0.3, -0.25) is 9.59 Å². The van der Waals surface area contributed by atoms with E-state index < -0.39 is 5.92 Å². The molecule has 3 aromatic rings. The Morgan fingerprint density at radius 1 is 0.833 bits per heavy atom. The first-order valence-corrected chi connectivity index (χ1v) is 18.2.